The second kappa shape index (κ2) is 15.5. The SMILES string of the molecule is CCCCCCCC[n+]1ccc(-c2cc(C(C)(C)C)[o+]c(C(C)(C)C)c2)cc1.F[B-](F)(F)F.F[B-](F)(F)F. The van der Waals surface area contributed by atoms with Crippen LogP contribution in [0.25, 0.3) is 11.1 Å². The van der Waals surface area contributed by atoms with Gasteiger partial charge in [-0.05, 0) is 53.5 Å². The summed E-state index contributed by atoms with van der Waals surface area (Å²) in [5.74, 6) is 2.08. The minimum absolute atomic E-state index is 0.0114. The van der Waals surface area contributed by atoms with Crippen LogP contribution in [-0.2, 0) is 17.4 Å². The Hall–Kier alpha value is -2.13. The summed E-state index contributed by atoms with van der Waals surface area (Å²) in [7, 11) is -12.0. The van der Waals surface area contributed by atoms with E-state index >= 15 is 0 Å². The Morgan fingerprint density at radius 1 is 0.632 bits per heavy atom. The molecule has 0 aromatic carbocycles. The first-order valence-corrected chi connectivity index (χ1v) is 12.8. The molecule has 0 N–H and O–H groups in total. The van der Waals surface area contributed by atoms with Gasteiger partial charge >= 0.3 is 26.0 Å². The van der Waals surface area contributed by atoms with E-state index < -0.39 is 14.5 Å². The predicted octanol–water partition coefficient (Wildman–Crippen LogP) is 10.1. The molecule has 0 unspecified atom stereocenters. The maximum absolute atomic E-state index is 9.75. The van der Waals surface area contributed by atoms with Crippen LogP contribution in [0.3, 0.4) is 0 Å². The highest BCUT2D eigenvalue weighted by molar-refractivity contribution is 6.50. The van der Waals surface area contributed by atoms with Crippen LogP contribution in [0.4, 0.5) is 34.5 Å². The van der Waals surface area contributed by atoms with Gasteiger partial charge in [-0.1, -0.05) is 32.6 Å². The maximum atomic E-state index is 9.75. The van der Waals surface area contributed by atoms with Gasteiger partial charge in [0.1, 0.15) is 6.54 Å². The van der Waals surface area contributed by atoms with Crippen LogP contribution in [0, 0.1) is 0 Å². The summed E-state index contributed by atoms with van der Waals surface area (Å²) in [4.78, 5) is 0. The fraction of sp³-hybridized carbons (Fsp3) is 0.615. The monoisotopic (exact) mass is 557 g/mol. The Bertz CT molecular complexity index is 878. The van der Waals surface area contributed by atoms with Crippen molar-refractivity contribution >= 4 is 14.5 Å². The molecule has 0 amide bonds. The third-order valence-corrected chi connectivity index (χ3v) is 5.27. The molecule has 0 saturated heterocycles. The van der Waals surface area contributed by atoms with Gasteiger partial charge in [-0.15, -0.1) is 0 Å². The van der Waals surface area contributed by atoms with E-state index in [1.54, 1.807) is 0 Å². The molecule has 0 spiro atoms. The van der Waals surface area contributed by atoms with Crippen molar-refractivity contribution in [3.05, 3.63) is 48.2 Å². The molecule has 2 aromatic rings. The zero-order valence-electron chi connectivity index (χ0n) is 23.4. The lowest BCUT2D eigenvalue weighted by molar-refractivity contribution is -0.697. The lowest BCUT2D eigenvalue weighted by Gasteiger charge is -2.15. The first-order chi connectivity index (χ1) is 17.1. The third kappa shape index (κ3) is 19.0. The fourth-order valence-corrected chi connectivity index (χ4v) is 3.28. The first-order valence-electron chi connectivity index (χ1n) is 12.8. The summed E-state index contributed by atoms with van der Waals surface area (Å²) >= 11 is 0. The van der Waals surface area contributed by atoms with Crippen molar-refractivity contribution in [2.75, 3.05) is 0 Å². The van der Waals surface area contributed by atoms with Crippen LogP contribution in [-0.4, -0.2) is 14.5 Å². The number of pyridine rings is 1. The molecule has 38 heavy (non-hydrogen) atoms. The van der Waals surface area contributed by atoms with Gasteiger partial charge in [0.2, 0.25) is 0 Å². The van der Waals surface area contributed by atoms with Crippen molar-refractivity contribution in [1.29, 1.82) is 0 Å². The van der Waals surface area contributed by atoms with Gasteiger partial charge in [-0.3, -0.25) is 0 Å². The molecule has 0 saturated carbocycles. The van der Waals surface area contributed by atoms with Gasteiger partial charge in [0.05, 0.1) is 10.8 Å². The lowest BCUT2D eigenvalue weighted by Crippen LogP contribution is -2.32. The summed E-state index contributed by atoms with van der Waals surface area (Å²) < 4.78 is 86.6. The smallest absolute Gasteiger partial charge is 0.418 e. The topological polar surface area (TPSA) is 15.2 Å². The van der Waals surface area contributed by atoms with Crippen molar-refractivity contribution in [2.45, 2.75) is 104 Å². The van der Waals surface area contributed by atoms with Crippen molar-refractivity contribution in [3.8, 4) is 11.1 Å². The van der Waals surface area contributed by atoms with Crippen LogP contribution in [0.2, 0.25) is 0 Å². The molecule has 0 aliphatic carbocycles. The van der Waals surface area contributed by atoms with Gasteiger partial charge in [-0.25, -0.2) is 8.98 Å². The lowest BCUT2D eigenvalue weighted by atomic mass is 9.87. The standard InChI is InChI=1S/C26H41NO.2BF4/c1-8-9-10-11-12-13-16-27-17-14-21(15-18-27)22-19-23(25(2,3)4)28-24(20-22)26(5,6)7;2*2-1(3,4)5/h14-15,17-20H,8-13,16H2,1-7H3;;/q+2;2*-1. The van der Waals surface area contributed by atoms with E-state index in [1.807, 2.05) is 0 Å². The van der Waals surface area contributed by atoms with E-state index in [-0.39, 0.29) is 10.8 Å². The van der Waals surface area contributed by atoms with Crippen molar-refractivity contribution in [2.24, 2.45) is 0 Å². The molecular formula is C26H41B2F8NO. The average molecular weight is 557 g/mol. The second-order valence-electron chi connectivity index (χ2n) is 11.2. The van der Waals surface area contributed by atoms with Gasteiger partial charge in [0.15, 0.2) is 12.4 Å². The highest BCUT2D eigenvalue weighted by Gasteiger charge is 2.34. The Balaban J connectivity index is 0.00000116. The van der Waals surface area contributed by atoms with Crippen molar-refractivity contribution in [3.63, 3.8) is 0 Å². The van der Waals surface area contributed by atoms with E-state index in [9.17, 15) is 34.5 Å². The van der Waals surface area contributed by atoms with Gasteiger partial charge in [-0.2, -0.15) is 0 Å². The zero-order chi connectivity index (χ0) is 29.8. The number of hydrogen-bond donors (Lipinski definition) is 0. The van der Waals surface area contributed by atoms with E-state index in [2.05, 4.69) is 89.7 Å². The molecule has 0 atom stereocenters. The van der Waals surface area contributed by atoms with Crippen LogP contribution in [0.5, 0.6) is 0 Å². The fourth-order valence-electron chi connectivity index (χ4n) is 3.28. The van der Waals surface area contributed by atoms with Crippen LogP contribution < -0.4 is 4.57 Å². The summed E-state index contributed by atoms with van der Waals surface area (Å²) in [5, 5.41) is 0. The van der Waals surface area contributed by atoms with Crippen LogP contribution >= 0.6 is 0 Å². The number of rotatable bonds is 8. The molecule has 12 heteroatoms. The van der Waals surface area contributed by atoms with Crippen molar-refractivity contribution < 1.29 is 43.5 Å². The normalized spacial score (nSPS) is 12.3. The van der Waals surface area contributed by atoms with Crippen molar-refractivity contribution in [1.82, 2.24) is 0 Å². The molecule has 0 aliphatic rings. The molecule has 2 heterocycles. The molecule has 218 valence electrons. The summed E-state index contributed by atoms with van der Waals surface area (Å²) in [6, 6.07) is 8.90. The third-order valence-electron chi connectivity index (χ3n) is 5.27. The number of hydrogen-bond acceptors (Lipinski definition) is 0. The maximum Gasteiger partial charge on any atom is 0.673 e. The Kier molecular flexibility index (Phi) is 14.6. The molecule has 2 nitrogen and oxygen atoms in total. The summed E-state index contributed by atoms with van der Waals surface area (Å²) in [6.07, 6.45) is 12.5. The Labute approximate surface area is 222 Å². The van der Waals surface area contributed by atoms with E-state index in [4.69, 9.17) is 4.42 Å². The number of aromatic nitrogens is 1. The minimum atomic E-state index is -6.00. The number of nitrogens with zero attached hydrogens (tertiary/aromatic N) is 1. The highest BCUT2D eigenvalue weighted by Crippen LogP contribution is 2.33. The Morgan fingerprint density at radius 2 is 1.00 bits per heavy atom. The quantitative estimate of drug-likeness (QED) is 0.104. The number of aryl methyl sites for hydroxylation is 1. The summed E-state index contributed by atoms with van der Waals surface area (Å²) in [6.45, 7) is 16.6. The second-order valence-corrected chi connectivity index (χ2v) is 11.2. The molecule has 0 bridgehead atoms. The van der Waals surface area contributed by atoms with Crippen LogP contribution in [0.1, 0.15) is 98.5 Å². The minimum Gasteiger partial charge on any atom is -0.418 e. The van der Waals surface area contributed by atoms with E-state index in [0.29, 0.717) is 0 Å². The molecule has 0 fully saturated rings. The first kappa shape index (κ1) is 35.9. The predicted molar refractivity (Wildman–Crippen MR) is 140 cm³/mol. The number of unbranched alkanes of at least 4 members (excludes halogenated alkanes) is 5. The average Bonchev–Trinajstić information content (AvgIpc) is 2.73. The molecular weight excluding hydrogens is 516 g/mol. The largest absolute Gasteiger partial charge is 0.673 e. The summed E-state index contributed by atoms with van der Waals surface area (Å²) in [5.41, 5.74) is 2.48. The molecule has 0 aliphatic heterocycles. The molecule has 0 radical (unpaired) electrons. The highest BCUT2D eigenvalue weighted by atomic mass is 19.5. The van der Waals surface area contributed by atoms with E-state index in [0.717, 1.165) is 18.1 Å². The van der Waals surface area contributed by atoms with E-state index in [1.165, 1.54) is 49.7 Å². The van der Waals surface area contributed by atoms with Gasteiger partial charge in [0, 0.05) is 36.2 Å². The van der Waals surface area contributed by atoms with Crippen LogP contribution in [0.15, 0.2) is 41.1 Å². The molecule has 2 rings (SSSR count). The number of halogens is 8. The van der Waals surface area contributed by atoms with Gasteiger partial charge < -0.3 is 34.5 Å². The molecule has 2 aromatic heterocycles. The Morgan fingerprint density at radius 3 is 1.37 bits per heavy atom. The van der Waals surface area contributed by atoms with Gasteiger partial charge in [0.25, 0.3) is 0 Å². The zero-order valence-corrected chi connectivity index (χ0v) is 23.4.